The fourth-order valence-corrected chi connectivity index (χ4v) is 3.39. The highest BCUT2D eigenvalue weighted by Crippen LogP contribution is 2.29. The van der Waals surface area contributed by atoms with Crippen molar-refractivity contribution in [1.29, 1.82) is 5.26 Å². The van der Waals surface area contributed by atoms with E-state index in [0.717, 1.165) is 15.4 Å². The van der Waals surface area contributed by atoms with Crippen LogP contribution in [-0.4, -0.2) is 5.91 Å². The van der Waals surface area contributed by atoms with Gasteiger partial charge in [-0.15, -0.1) is 0 Å². The van der Waals surface area contributed by atoms with Crippen LogP contribution in [0.3, 0.4) is 0 Å². The molecule has 3 nitrogen and oxygen atoms in total. The van der Waals surface area contributed by atoms with Gasteiger partial charge in [0.2, 0.25) is 0 Å². The van der Waals surface area contributed by atoms with Crippen LogP contribution in [0.5, 0.6) is 0 Å². The summed E-state index contributed by atoms with van der Waals surface area (Å²) in [6.45, 7) is 0. The van der Waals surface area contributed by atoms with Crippen LogP contribution in [0.15, 0.2) is 88.2 Å². The molecule has 28 heavy (non-hydrogen) atoms. The van der Waals surface area contributed by atoms with Gasteiger partial charge >= 0.3 is 0 Å². The summed E-state index contributed by atoms with van der Waals surface area (Å²) in [4.78, 5) is 14.4. The van der Waals surface area contributed by atoms with E-state index >= 15 is 0 Å². The monoisotopic (exact) mass is 424 g/mol. The number of halogens is 2. The van der Waals surface area contributed by atoms with Crippen molar-refractivity contribution >= 4 is 52.6 Å². The Morgan fingerprint density at radius 3 is 1.89 bits per heavy atom. The van der Waals surface area contributed by atoms with Crippen LogP contribution >= 0.6 is 35.0 Å². The van der Waals surface area contributed by atoms with Crippen molar-refractivity contribution in [3.8, 4) is 6.07 Å². The Bertz CT molecular complexity index is 1040. The molecule has 0 heterocycles. The Morgan fingerprint density at radius 2 is 1.36 bits per heavy atom. The van der Waals surface area contributed by atoms with E-state index in [9.17, 15) is 10.1 Å². The maximum atomic E-state index is 12.3. The summed E-state index contributed by atoms with van der Waals surface area (Å²) in [7, 11) is 0. The molecule has 3 aromatic rings. The molecule has 0 saturated carbocycles. The highest BCUT2D eigenvalue weighted by Gasteiger charge is 2.09. The van der Waals surface area contributed by atoms with Crippen LogP contribution in [0.1, 0.15) is 5.56 Å². The van der Waals surface area contributed by atoms with Gasteiger partial charge in [-0.2, -0.15) is 5.26 Å². The van der Waals surface area contributed by atoms with Gasteiger partial charge in [0.05, 0.1) is 0 Å². The largest absolute Gasteiger partial charge is 0.321 e. The Morgan fingerprint density at radius 1 is 0.857 bits per heavy atom. The Balaban J connectivity index is 1.69. The van der Waals surface area contributed by atoms with Crippen LogP contribution in [-0.2, 0) is 4.79 Å². The number of benzene rings is 3. The lowest BCUT2D eigenvalue weighted by Crippen LogP contribution is -2.13. The van der Waals surface area contributed by atoms with Crippen molar-refractivity contribution in [2.45, 2.75) is 9.79 Å². The first kappa shape index (κ1) is 20.0. The van der Waals surface area contributed by atoms with Crippen LogP contribution in [0.2, 0.25) is 10.0 Å². The molecule has 0 aliphatic heterocycles. The highest BCUT2D eigenvalue weighted by atomic mass is 35.5. The molecule has 0 spiro atoms. The third kappa shape index (κ3) is 5.64. The number of rotatable bonds is 5. The lowest BCUT2D eigenvalue weighted by Gasteiger charge is -2.05. The number of anilines is 1. The number of nitrogens with zero attached hydrogens (tertiary/aromatic N) is 1. The second-order valence-corrected chi connectivity index (χ2v) is 7.78. The molecule has 3 aromatic carbocycles. The summed E-state index contributed by atoms with van der Waals surface area (Å²) in [5.74, 6) is -0.468. The third-order valence-electron chi connectivity index (χ3n) is 3.71. The summed E-state index contributed by atoms with van der Waals surface area (Å²) in [6.07, 6.45) is 1.56. The number of amides is 1. The molecule has 138 valence electrons. The van der Waals surface area contributed by atoms with Gasteiger partial charge in [-0.25, -0.2) is 0 Å². The normalized spacial score (nSPS) is 11.0. The van der Waals surface area contributed by atoms with E-state index in [4.69, 9.17) is 23.2 Å². The molecule has 3 rings (SSSR count). The molecule has 0 aliphatic rings. The van der Waals surface area contributed by atoms with E-state index in [2.05, 4.69) is 5.32 Å². The molecular weight excluding hydrogens is 411 g/mol. The molecule has 0 unspecified atom stereocenters. The zero-order chi connectivity index (χ0) is 19.9. The van der Waals surface area contributed by atoms with Gasteiger partial charge < -0.3 is 5.32 Å². The Hall–Kier alpha value is -2.71. The smallest absolute Gasteiger partial charge is 0.266 e. The molecule has 0 radical (unpaired) electrons. The van der Waals surface area contributed by atoms with Gasteiger partial charge in [0, 0.05) is 25.5 Å². The lowest BCUT2D eigenvalue weighted by atomic mass is 10.1. The van der Waals surface area contributed by atoms with Gasteiger partial charge in [-0.3, -0.25) is 4.79 Å². The fourth-order valence-electron chi connectivity index (χ4n) is 2.32. The lowest BCUT2D eigenvalue weighted by molar-refractivity contribution is -0.112. The van der Waals surface area contributed by atoms with E-state index in [-0.39, 0.29) is 5.57 Å². The molecule has 0 fully saturated rings. The number of hydrogen-bond acceptors (Lipinski definition) is 3. The van der Waals surface area contributed by atoms with E-state index < -0.39 is 5.91 Å². The topological polar surface area (TPSA) is 52.9 Å². The van der Waals surface area contributed by atoms with Crippen molar-refractivity contribution in [2.75, 3.05) is 5.32 Å². The van der Waals surface area contributed by atoms with Crippen molar-refractivity contribution in [3.05, 3.63) is 94.0 Å². The van der Waals surface area contributed by atoms with Crippen LogP contribution in [0, 0.1) is 11.3 Å². The molecule has 0 saturated heterocycles. The zero-order valence-electron chi connectivity index (χ0n) is 14.5. The van der Waals surface area contributed by atoms with Crippen molar-refractivity contribution in [3.63, 3.8) is 0 Å². The predicted molar refractivity (Wildman–Crippen MR) is 116 cm³/mol. The van der Waals surface area contributed by atoms with E-state index in [1.54, 1.807) is 42.1 Å². The third-order valence-corrected chi connectivity index (χ3v) is 5.23. The fraction of sp³-hybridized carbons (Fsp3) is 0. The van der Waals surface area contributed by atoms with Crippen molar-refractivity contribution in [1.82, 2.24) is 0 Å². The second-order valence-electron chi connectivity index (χ2n) is 5.76. The second kappa shape index (κ2) is 9.48. The molecule has 6 heteroatoms. The average molecular weight is 425 g/mol. The highest BCUT2D eigenvalue weighted by molar-refractivity contribution is 7.99. The van der Waals surface area contributed by atoms with Gasteiger partial charge in [0.25, 0.3) is 5.91 Å². The maximum absolute atomic E-state index is 12.3. The van der Waals surface area contributed by atoms with Crippen molar-refractivity contribution in [2.24, 2.45) is 0 Å². The molecule has 1 amide bonds. The van der Waals surface area contributed by atoms with Gasteiger partial charge in [-0.05, 0) is 72.3 Å². The molecular formula is C22H14Cl2N2OS. The molecule has 0 aliphatic carbocycles. The van der Waals surface area contributed by atoms with Crippen LogP contribution < -0.4 is 5.32 Å². The Labute approximate surface area is 177 Å². The predicted octanol–water partition coefficient (Wildman–Crippen LogP) is 6.69. The summed E-state index contributed by atoms with van der Waals surface area (Å²) in [5, 5.41) is 13.3. The minimum absolute atomic E-state index is 0.0213. The van der Waals surface area contributed by atoms with Gasteiger partial charge in [-0.1, -0.05) is 47.1 Å². The zero-order valence-corrected chi connectivity index (χ0v) is 16.9. The number of nitriles is 1. The number of hydrogen-bond donors (Lipinski definition) is 1. The summed E-state index contributed by atoms with van der Waals surface area (Å²) < 4.78 is 0. The molecule has 0 atom stereocenters. The van der Waals surface area contributed by atoms with Gasteiger partial charge in [0.1, 0.15) is 11.6 Å². The molecule has 1 N–H and O–H groups in total. The minimum atomic E-state index is -0.468. The number of nitrogens with one attached hydrogen (secondary N) is 1. The minimum Gasteiger partial charge on any atom is -0.321 e. The SMILES string of the molecule is N#C/C(=C/c1ccc(Sc2ccc(Cl)cc2)cc1)C(=O)Nc1ccc(Cl)cc1. The number of carbonyl (C=O) groups is 1. The summed E-state index contributed by atoms with van der Waals surface area (Å²) in [5.41, 5.74) is 1.36. The molecule has 0 aromatic heterocycles. The van der Waals surface area contributed by atoms with Crippen LogP contribution in [0.25, 0.3) is 6.08 Å². The maximum Gasteiger partial charge on any atom is 0.266 e. The first-order chi connectivity index (χ1) is 13.5. The van der Waals surface area contributed by atoms with Crippen LogP contribution in [0.4, 0.5) is 5.69 Å². The summed E-state index contributed by atoms with van der Waals surface area (Å²) in [6, 6.07) is 23.9. The first-order valence-corrected chi connectivity index (χ1v) is 9.83. The average Bonchev–Trinajstić information content (AvgIpc) is 2.71. The van der Waals surface area contributed by atoms with Gasteiger partial charge in [0.15, 0.2) is 0 Å². The molecule has 0 bridgehead atoms. The Kier molecular flexibility index (Phi) is 6.78. The van der Waals surface area contributed by atoms with E-state index in [1.165, 1.54) is 0 Å². The van der Waals surface area contributed by atoms with Crippen molar-refractivity contribution < 1.29 is 4.79 Å². The van der Waals surface area contributed by atoms with E-state index in [1.807, 2.05) is 54.6 Å². The number of carbonyl (C=O) groups excluding carboxylic acids is 1. The summed E-state index contributed by atoms with van der Waals surface area (Å²) >= 11 is 13.3. The quantitative estimate of drug-likeness (QED) is 0.366. The first-order valence-electron chi connectivity index (χ1n) is 8.26. The van der Waals surface area contributed by atoms with E-state index in [0.29, 0.717) is 15.7 Å². The standard InChI is InChI=1S/C22H14Cl2N2OS/c23-17-3-7-19(8-4-17)26-22(27)16(14-25)13-15-1-9-20(10-2-15)28-21-11-5-18(24)6-12-21/h1-13H,(H,26,27)/b16-13-.